The molecule has 7 rings (SSSR count). The topological polar surface area (TPSA) is 26.3 Å². The van der Waals surface area contributed by atoms with Crippen LogP contribution >= 0.6 is 11.6 Å². The van der Waals surface area contributed by atoms with Crippen molar-refractivity contribution in [1.29, 1.82) is 0 Å². The van der Waals surface area contributed by atoms with E-state index in [1.807, 2.05) is 36.4 Å². The van der Waals surface area contributed by atoms with Gasteiger partial charge in [-0.3, -0.25) is 0 Å². The van der Waals surface area contributed by atoms with Gasteiger partial charge in [0.1, 0.15) is 22.3 Å². The Morgan fingerprint density at radius 1 is 0.548 bits per heavy atom. The monoisotopic (exact) mass is 418 g/mol. The van der Waals surface area contributed by atoms with Crippen LogP contribution in [0, 0.1) is 0 Å². The lowest BCUT2D eigenvalue weighted by molar-refractivity contribution is 0.664. The second-order valence-electron chi connectivity index (χ2n) is 7.87. The first kappa shape index (κ1) is 17.0. The summed E-state index contributed by atoms with van der Waals surface area (Å²) < 4.78 is 12.8. The van der Waals surface area contributed by atoms with Crippen LogP contribution in [0.25, 0.3) is 65.8 Å². The Hall–Kier alpha value is -3.75. The zero-order valence-electron chi connectivity index (χ0n) is 16.4. The zero-order chi connectivity index (χ0) is 20.5. The molecule has 0 bridgehead atoms. The maximum Gasteiger partial charge on any atom is 0.144 e. The number of hydrogen-bond donors (Lipinski definition) is 0. The van der Waals surface area contributed by atoms with E-state index in [0.717, 1.165) is 55.0 Å². The molecule has 3 heteroatoms. The first-order chi connectivity index (χ1) is 15.3. The number of furan rings is 2. The predicted molar refractivity (Wildman–Crippen MR) is 129 cm³/mol. The molecule has 2 nitrogen and oxygen atoms in total. The minimum atomic E-state index is 0.709. The molecule has 5 aromatic carbocycles. The van der Waals surface area contributed by atoms with Crippen LogP contribution in [0.5, 0.6) is 0 Å². The number of benzene rings is 5. The highest BCUT2D eigenvalue weighted by Crippen LogP contribution is 2.46. The molecule has 0 saturated carbocycles. The third-order valence-corrected chi connectivity index (χ3v) is 6.38. The Balaban J connectivity index is 1.76. The van der Waals surface area contributed by atoms with Gasteiger partial charge in [0.25, 0.3) is 0 Å². The summed E-state index contributed by atoms with van der Waals surface area (Å²) in [5.41, 5.74) is 5.52. The molecule has 7 aromatic rings. The molecule has 0 N–H and O–H groups in total. The van der Waals surface area contributed by atoms with Crippen LogP contribution < -0.4 is 0 Å². The smallest absolute Gasteiger partial charge is 0.144 e. The van der Waals surface area contributed by atoms with Crippen molar-refractivity contribution >= 4 is 66.3 Å². The number of halogens is 1. The van der Waals surface area contributed by atoms with Gasteiger partial charge in [0.2, 0.25) is 0 Å². The number of fused-ring (bicyclic) bond motifs is 9. The van der Waals surface area contributed by atoms with E-state index in [1.165, 1.54) is 10.8 Å². The zero-order valence-corrected chi connectivity index (χ0v) is 17.1. The van der Waals surface area contributed by atoms with Crippen LogP contribution in [0.1, 0.15) is 0 Å². The first-order valence-corrected chi connectivity index (χ1v) is 10.6. The van der Waals surface area contributed by atoms with Gasteiger partial charge >= 0.3 is 0 Å². The van der Waals surface area contributed by atoms with Gasteiger partial charge in [0.05, 0.1) is 0 Å². The highest BCUT2D eigenvalue weighted by Gasteiger charge is 2.21. The standard InChI is InChI=1S/C28H15ClO2/c29-18-12-9-17(10-13-18)21-15-24-27(26-20-7-3-4-8-22(20)31-28(21)26)25-19-6-2-1-5-16(19)11-14-23(25)30-24/h1-15H. The van der Waals surface area contributed by atoms with Crippen molar-refractivity contribution in [1.82, 2.24) is 0 Å². The van der Waals surface area contributed by atoms with Gasteiger partial charge in [0.15, 0.2) is 0 Å². The number of rotatable bonds is 1. The van der Waals surface area contributed by atoms with Gasteiger partial charge in [-0.25, -0.2) is 0 Å². The van der Waals surface area contributed by atoms with Gasteiger partial charge in [-0.05, 0) is 46.7 Å². The first-order valence-electron chi connectivity index (χ1n) is 10.2. The van der Waals surface area contributed by atoms with Gasteiger partial charge < -0.3 is 8.83 Å². The molecule has 2 heterocycles. The van der Waals surface area contributed by atoms with Gasteiger partial charge in [0, 0.05) is 32.1 Å². The molecule has 2 aromatic heterocycles. The van der Waals surface area contributed by atoms with Crippen molar-refractivity contribution in [3.8, 4) is 11.1 Å². The van der Waals surface area contributed by atoms with Crippen molar-refractivity contribution in [3.63, 3.8) is 0 Å². The van der Waals surface area contributed by atoms with E-state index in [2.05, 4.69) is 54.6 Å². The van der Waals surface area contributed by atoms with Crippen LogP contribution in [0.4, 0.5) is 0 Å². The van der Waals surface area contributed by atoms with Crippen molar-refractivity contribution in [2.24, 2.45) is 0 Å². The number of hydrogen-bond acceptors (Lipinski definition) is 2. The van der Waals surface area contributed by atoms with Gasteiger partial charge in [-0.2, -0.15) is 0 Å². The molecule has 0 aliphatic rings. The fraction of sp³-hybridized carbons (Fsp3) is 0. The Morgan fingerprint density at radius 2 is 1.32 bits per heavy atom. The maximum atomic E-state index is 6.43. The summed E-state index contributed by atoms with van der Waals surface area (Å²) in [6.07, 6.45) is 0. The fourth-order valence-electron chi connectivity index (χ4n) is 4.76. The second-order valence-corrected chi connectivity index (χ2v) is 8.30. The number of para-hydroxylation sites is 1. The molecule has 0 spiro atoms. The fourth-order valence-corrected chi connectivity index (χ4v) is 4.89. The maximum absolute atomic E-state index is 6.43. The van der Waals surface area contributed by atoms with Crippen LogP contribution in [0.3, 0.4) is 0 Å². The van der Waals surface area contributed by atoms with Gasteiger partial charge in [-0.15, -0.1) is 0 Å². The van der Waals surface area contributed by atoms with E-state index in [-0.39, 0.29) is 0 Å². The third kappa shape index (κ3) is 2.34. The van der Waals surface area contributed by atoms with E-state index < -0.39 is 0 Å². The summed E-state index contributed by atoms with van der Waals surface area (Å²) in [7, 11) is 0. The minimum absolute atomic E-state index is 0.709. The van der Waals surface area contributed by atoms with E-state index in [1.54, 1.807) is 0 Å². The largest absolute Gasteiger partial charge is 0.456 e. The minimum Gasteiger partial charge on any atom is -0.456 e. The lowest BCUT2D eigenvalue weighted by Crippen LogP contribution is -1.81. The van der Waals surface area contributed by atoms with Crippen LogP contribution in [0.15, 0.2) is 99.8 Å². The molecule has 31 heavy (non-hydrogen) atoms. The highest BCUT2D eigenvalue weighted by atomic mass is 35.5. The Kier molecular flexibility index (Phi) is 3.36. The summed E-state index contributed by atoms with van der Waals surface area (Å²) in [6.45, 7) is 0. The summed E-state index contributed by atoms with van der Waals surface area (Å²) in [5, 5.41) is 7.50. The van der Waals surface area contributed by atoms with Crippen LogP contribution in [-0.4, -0.2) is 0 Å². The van der Waals surface area contributed by atoms with Crippen molar-refractivity contribution in [3.05, 3.63) is 96.0 Å². The summed E-state index contributed by atoms with van der Waals surface area (Å²) in [4.78, 5) is 0. The third-order valence-electron chi connectivity index (χ3n) is 6.13. The van der Waals surface area contributed by atoms with E-state index in [0.29, 0.717) is 5.02 Å². The van der Waals surface area contributed by atoms with Crippen molar-refractivity contribution in [2.75, 3.05) is 0 Å². The van der Waals surface area contributed by atoms with Crippen LogP contribution in [0.2, 0.25) is 5.02 Å². The summed E-state index contributed by atoms with van der Waals surface area (Å²) >= 11 is 6.14. The Labute approximate surface area is 182 Å². The lowest BCUT2D eigenvalue weighted by atomic mass is 9.96. The molecular formula is C28H15ClO2. The van der Waals surface area contributed by atoms with Crippen LogP contribution in [-0.2, 0) is 0 Å². The predicted octanol–water partition coefficient (Wildman–Crippen LogP) is 8.96. The van der Waals surface area contributed by atoms with E-state index in [9.17, 15) is 0 Å². The molecule has 146 valence electrons. The molecule has 0 unspecified atom stereocenters. The molecule has 0 atom stereocenters. The molecule has 0 radical (unpaired) electrons. The molecular weight excluding hydrogens is 404 g/mol. The summed E-state index contributed by atoms with van der Waals surface area (Å²) in [6, 6.07) is 30.8. The van der Waals surface area contributed by atoms with Crippen molar-refractivity contribution < 1.29 is 8.83 Å². The van der Waals surface area contributed by atoms with E-state index in [4.69, 9.17) is 20.4 Å². The molecule has 0 amide bonds. The Morgan fingerprint density at radius 3 is 2.19 bits per heavy atom. The van der Waals surface area contributed by atoms with E-state index >= 15 is 0 Å². The lowest BCUT2D eigenvalue weighted by Gasteiger charge is -2.05. The Bertz CT molecular complexity index is 1790. The molecule has 0 saturated heterocycles. The molecule has 0 fully saturated rings. The van der Waals surface area contributed by atoms with Crippen molar-refractivity contribution in [2.45, 2.75) is 0 Å². The average Bonchev–Trinajstić information content (AvgIpc) is 3.37. The highest BCUT2D eigenvalue weighted by molar-refractivity contribution is 6.32. The molecule has 0 aliphatic carbocycles. The van der Waals surface area contributed by atoms with Gasteiger partial charge in [-0.1, -0.05) is 72.3 Å². The summed E-state index contributed by atoms with van der Waals surface area (Å²) in [5.74, 6) is 0. The average molecular weight is 419 g/mol. The normalized spacial score (nSPS) is 12.0. The second kappa shape index (κ2) is 6.13. The molecule has 0 aliphatic heterocycles. The SMILES string of the molecule is Clc1ccc(-c2cc3oc4ccc5ccccc5c4c3c3c2oc2ccccc23)cc1. The quantitative estimate of drug-likeness (QED) is 0.266.